The highest BCUT2D eigenvalue weighted by Crippen LogP contribution is 2.22. The number of morpholine rings is 1. The zero-order valence-electron chi connectivity index (χ0n) is 14.0. The number of hydrogen-bond donors (Lipinski definition) is 1. The molecule has 0 aromatic carbocycles. The van der Waals surface area contributed by atoms with Crippen LogP contribution in [0.5, 0.6) is 0 Å². The fourth-order valence-corrected chi connectivity index (χ4v) is 2.85. The van der Waals surface area contributed by atoms with E-state index in [9.17, 15) is 14.7 Å². The number of rotatable bonds is 5. The summed E-state index contributed by atoms with van der Waals surface area (Å²) in [5, 5.41) is 14.0. The zero-order valence-corrected chi connectivity index (χ0v) is 14.8. The maximum Gasteiger partial charge on any atom is 0.328 e. The van der Waals surface area contributed by atoms with Crippen molar-refractivity contribution in [1.29, 1.82) is 0 Å². The highest BCUT2D eigenvalue weighted by atomic mass is 35.5. The molecular formula is C16H22ClN3O4. The van der Waals surface area contributed by atoms with Gasteiger partial charge in [0.15, 0.2) is 6.04 Å². The van der Waals surface area contributed by atoms with E-state index in [4.69, 9.17) is 16.3 Å². The van der Waals surface area contributed by atoms with Crippen LogP contribution in [0.3, 0.4) is 0 Å². The van der Waals surface area contributed by atoms with Crippen LogP contribution in [0.1, 0.15) is 25.1 Å². The van der Waals surface area contributed by atoms with Gasteiger partial charge >= 0.3 is 5.97 Å². The van der Waals surface area contributed by atoms with Gasteiger partial charge in [-0.1, -0.05) is 25.4 Å². The van der Waals surface area contributed by atoms with Crippen LogP contribution in [0.2, 0.25) is 5.15 Å². The van der Waals surface area contributed by atoms with Crippen LogP contribution >= 0.6 is 11.6 Å². The van der Waals surface area contributed by atoms with Gasteiger partial charge in [0.1, 0.15) is 5.15 Å². The average molecular weight is 356 g/mol. The molecule has 0 saturated carbocycles. The summed E-state index contributed by atoms with van der Waals surface area (Å²) < 4.78 is 6.84. The second kappa shape index (κ2) is 7.81. The Balaban J connectivity index is 2.16. The lowest BCUT2D eigenvalue weighted by Gasteiger charge is -2.31. The third-order valence-electron chi connectivity index (χ3n) is 3.74. The molecule has 8 heteroatoms. The van der Waals surface area contributed by atoms with E-state index in [0.717, 1.165) is 5.69 Å². The molecule has 0 bridgehead atoms. The lowest BCUT2D eigenvalue weighted by molar-refractivity contribution is -0.156. The van der Waals surface area contributed by atoms with Crippen molar-refractivity contribution in [3.8, 4) is 0 Å². The number of aromatic nitrogens is 2. The molecule has 1 N–H and O–H groups in total. The molecule has 1 unspecified atom stereocenters. The molecule has 24 heavy (non-hydrogen) atoms. The van der Waals surface area contributed by atoms with E-state index in [-0.39, 0.29) is 19.1 Å². The molecule has 1 aliphatic heterocycles. The zero-order chi connectivity index (χ0) is 17.9. The minimum absolute atomic E-state index is 0.00101. The molecule has 7 nitrogen and oxygen atoms in total. The van der Waals surface area contributed by atoms with E-state index < -0.39 is 12.0 Å². The van der Waals surface area contributed by atoms with Gasteiger partial charge in [-0.2, -0.15) is 5.10 Å². The maximum absolute atomic E-state index is 12.3. The Bertz CT molecular complexity index is 654. The minimum atomic E-state index is -1.07. The summed E-state index contributed by atoms with van der Waals surface area (Å²) in [6.07, 6.45) is 2.94. The van der Waals surface area contributed by atoms with Gasteiger partial charge in [-0.15, -0.1) is 0 Å². The first-order valence-corrected chi connectivity index (χ1v) is 8.21. The van der Waals surface area contributed by atoms with Crippen LogP contribution in [0.4, 0.5) is 0 Å². The highest BCUT2D eigenvalue weighted by molar-refractivity contribution is 6.31. The van der Waals surface area contributed by atoms with E-state index in [1.54, 1.807) is 10.8 Å². The number of carbonyl (C=O) groups excluding carboxylic acids is 1. The molecule has 0 radical (unpaired) electrons. The van der Waals surface area contributed by atoms with Crippen LogP contribution in [0.15, 0.2) is 6.08 Å². The third-order valence-corrected chi connectivity index (χ3v) is 4.14. The molecule has 1 aliphatic rings. The van der Waals surface area contributed by atoms with E-state index >= 15 is 0 Å². The first-order valence-electron chi connectivity index (χ1n) is 7.83. The summed E-state index contributed by atoms with van der Waals surface area (Å²) in [4.78, 5) is 24.9. The molecule has 1 aromatic heterocycles. The van der Waals surface area contributed by atoms with Crippen LogP contribution in [-0.4, -0.2) is 57.5 Å². The molecule has 1 aromatic rings. The molecule has 1 amide bonds. The molecule has 1 fully saturated rings. The number of aliphatic carboxylic acids is 1. The Morgan fingerprint density at radius 2 is 2.21 bits per heavy atom. The fourth-order valence-electron chi connectivity index (χ4n) is 2.55. The Hall–Kier alpha value is -1.86. The summed E-state index contributed by atoms with van der Waals surface area (Å²) in [5.74, 6) is -1.06. The number of nitrogens with zero attached hydrogens (tertiary/aromatic N) is 3. The van der Waals surface area contributed by atoms with Crippen LogP contribution in [0, 0.1) is 12.8 Å². The summed E-state index contributed by atoms with van der Waals surface area (Å²) in [7, 11) is 0. The van der Waals surface area contributed by atoms with Gasteiger partial charge in [0, 0.05) is 24.7 Å². The number of aryl methyl sites for hydroxylation is 1. The average Bonchev–Trinajstić information content (AvgIpc) is 2.78. The predicted molar refractivity (Wildman–Crippen MR) is 89.8 cm³/mol. The van der Waals surface area contributed by atoms with E-state index in [1.807, 2.05) is 6.92 Å². The number of carboxylic acid groups (broad SMARTS) is 1. The molecule has 2 heterocycles. The Morgan fingerprint density at radius 1 is 1.50 bits per heavy atom. The lowest BCUT2D eigenvalue weighted by Crippen LogP contribution is -2.52. The van der Waals surface area contributed by atoms with Crippen molar-refractivity contribution in [1.82, 2.24) is 14.7 Å². The molecule has 1 saturated heterocycles. The Kier molecular flexibility index (Phi) is 6.01. The SMILES string of the molecule is Cc1nn(CC(C)C)c(Cl)c1C=CC(=O)N1CCOCC1C(=O)O. The molecule has 1 atom stereocenters. The number of halogens is 1. The van der Waals surface area contributed by atoms with Gasteiger partial charge in [-0.3, -0.25) is 9.48 Å². The number of ether oxygens (including phenoxy) is 1. The van der Waals surface area contributed by atoms with Crippen LogP contribution < -0.4 is 0 Å². The maximum atomic E-state index is 12.3. The smallest absolute Gasteiger partial charge is 0.328 e. The van der Waals surface area contributed by atoms with Gasteiger partial charge in [-0.05, 0) is 18.9 Å². The molecule has 0 spiro atoms. The monoisotopic (exact) mass is 355 g/mol. The van der Waals surface area contributed by atoms with Gasteiger partial charge in [0.25, 0.3) is 0 Å². The van der Waals surface area contributed by atoms with Gasteiger partial charge in [-0.25, -0.2) is 4.79 Å². The number of amides is 1. The fraction of sp³-hybridized carbons (Fsp3) is 0.562. The Labute approximate surface area is 145 Å². The number of hydrogen-bond acceptors (Lipinski definition) is 4. The van der Waals surface area contributed by atoms with E-state index in [0.29, 0.717) is 29.8 Å². The normalized spacial score (nSPS) is 18.5. The lowest BCUT2D eigenvalue weighted by atomic mass is 10.2. The first kappa shape index (κ1) is 18.5. The van der Waals surface area contributed by atoms with Gasteiger partial charge in [0.05, 0.1) is 18.9 Å². The van der Waals surface area contributed by atoms with Crippen molar-refractivity contribution >= 4 is 29.6 Å². The first-order chi connectivity index (χ1) is 11.3. The second-order valence-corrected chi connectivity index (χ2v) is 6.52. The summed E-state index contributed by atoms with van der Waals surface area (Å²) in [5.41, 5.74) is 1.40. The Morgan fingerprint density at radius 3 is 2.83 bits per heavy atom. The van der Waals surface area contributed by atoms with Gasteiger partial charge < -0.3 is 14.7 Å². The quantitative estimate of drug-likeness (QED) is 0.814. The summed E-state index contributed by atoms with van der Waals surface area (Å²) >= 11 is 6.33. The van der Waals surface area contributed by atoms with Crippen molar-refractivity contribution in [3.63, 3.8) is 0 Å². The van der Waals surface area contributed by atoms with E-state index in [1.165, 1.54) is 11.0 Å². The summed E-state index contributed by atoms with van der Waals surface area (Å²) in [6.45, 7) is 7.22. The number of carboxylic acids is 1. The minimum Gasteiger partial charge on any atom is -0.480 e. The summed E-state index contributed by atoms with van der Waals surface area (Å²) in [6, 6.07) is -0.962. The second-order valence-electron chi connectivity index (χ2n) is 6.16. The standard InChI is InChI=1S/C16H22ClN3O4/c1-10(2)8-20-15(17)12(11(3)18-20)4-5-14(21)19-6-7-24-9-13(19)16(22)23/h4-5,10,13H,6-9H2,1-3H3,(H,22,23). The number of carbonyl (C=O) groups is 2. The van der Waals surface area contributed by atoms with E-state index in [2.05, 4.69) is 18.9 Å². The van der Waals surface area contributed by atoms with Crippen molar-refractivity contribution < 1.29 is 19.4 Å². The predicted octanol–water partition coefficient (Wildman–Crippen LogP) is 1.83. The topological polar surface area (TPSA) is 84.7 Å². The largest absolute Gasteiger partial charge is 0.480 e. The van der Waals surface area contributed by atoms with Crippen molar-refractivity contribution in [2.75, 3.05) is 19.8 Å². The van der Waals surface area contributed by atoms with Crippen LogP contribution in [-0.2, 0) is 20.9 Å². The molecule has 132 valence electrons. The van der Waals surface area contributed by atoms with Crippen molar-refractivity contribution in [2.24, 2.45) is 5.92 Å². The third kappa shape index (κ3) is 4.15. The van der Waals surface area contributed by atoms with Gasteiger partial charge in [0.2, 0.25) is 5.91 Å². The van der Waals surface area contributed by atoms with Crippen molar-refractivity contribution in [2.45, 2.75) is 33.4 Å². The highest BCUT2D eigenvalue weighted by Gasteiger charge is 2.31. The molecule has 2 rings (SSSR count). The van der Waals surface area contributed by atoms with Crippen molar-refractivity contribution in [3.05, 3.63) is 22.5 Å². The molecule has 0 aliphatic carbocycles. The molecular weight excluding hydrogens is 334 g/mol. The van der Waals surface area contributed by atoms with Crippen LogP contribution in [0.25, 0.3) is 6.08 Å².